The molecule has 0 aliphatic carbocycles. The lowest BCUT2D eigenvalue weighted by Crippen LogP contribution is -1.90. The van der Waals surface area contributed by atoms with Crippen LogP contribution in [0.2, 0.25) is 10.0 Å². The first-order valence-corrected chi connectivity index (χ1v) is 9.52. The maximum Gasteiger partial charge on any atom is 0.142 e. The summed E-state index contributed by atoms with van der Waals surface area (Å²) in [4.78, 5) is 0. The lowest BCUT2D eigenvalue weighted by Gasteiger charge is -2.09. The molecular formula is C20H19BrCl2O5. The molecule has 0 bridgehead atoms. The van der Waals surface area contributed by atoms with Crippen molar-refractivity contribution in [1.82, 2.24) is 0 Å². The topological polar surface area (TPSA) is 50.1 Å². The monoisotopic (exact) mass is 488 g/mol. The van der Waals surface area contributed by atoms with Crippen molar-refractivity contribution in [3.8, 4) is 34.3 Å². The van der Waals surface area contributed by atoms with E-state index < -0.39 is 0 Å². The van der Waals surface area contributed by atoms with E-state index in [0.717, 1.165) is 15.8 Å². The molecule has 1 heterocycles. The Bertz CT molecular complexity index is 863. The van der Waals surface area contributed by atoms with Crippen LogP contribution in [0.25, 0.3) is 11.3 Å². The summed E-state index contributed by atoms with van der Waals surface area (Å²) >= 11 is 15.3. The molecule has 3 rings (SSSR count). The van der Waals surface area contributed by atoms with Crippen molar-refractivity contribution in [3.63, 3.8) is 0 Å². The highest BCUT2D eigenvalue weighted by Crippen LogP contribution is 2.39. The standard InChI is InChI=1S/C12H11ClO3.C8H8BrClO2/c1-14-10-6-8(9-4-3-5-16-9)7-11(15-2)12(10)13;1-11-6-3-5(9)4-7(12-2)8(6)10/h3-7H,1-2H3;3-4H,1-2H3. The van der Waals surface area contributed by atoms with E-state index in [4.69, 9.17) is 46.6 Å². The van der Waals surface area contributed by atoms with Crippen LogP contribution in [0.4, 0.5) is 0 Å². The van der Waals surface area contributed by atoms with Crippen molar-refractivity contribution in [2.24, 2.45) is 0 Å². The van der Waals surface area contributed by atoms with Gasteiger partial charge in [0.05, 0.1) is 34.7 Å². The smallest absolute Gasteiger partial charge is 0.142 e. The first-order valence-electron chi connectivity index (χ1n) is 7.97. The second kappa shape index (κ2) is 10.5. The van der Waals surface area contributed by atoms with Crippen LogP contribution in [-0.4, -0.2) is 28.4 Å². The molecule has 0 saturated heterocycles. The first-order chi connectivity index (χ1) is 13.4. The second-order valence-corrected chi connectivity index (χ2v) is 6.97. The van der Waals surface area contributed by atoms with Crippen LogP contribution >= 0.6 is 39.1 Å². The third kappa shape index (κ3) is 5.28. The highest BCUT2D eigenvalue weighted by molar-refractivity contribution is 9.10. The molecular weight excluding hydrogens is 471 g/mol. The molecule has 0 unspecified atom stereocenters. The molecule has 150 valence electrons. The van der Waals surface area contributed by atoms with Gasteiger partial charge in [-0.15, -0.1) is 0 Å². The van der Waals surface area contributed by atoms with E-state index >= 15 is 0 Å². The predicted molar refractivity (Wildman–Crippen MR) is 115 cm³/mol. The Kier molecular flexibility index (Phi) is 8.35. The van der Waals surface area contributed by atoms with Gasteiger partial charge in [-0.2, -0.15) is 0 Å². The van der Waals surface area contributed by atoms with E-state index in [0.29, 0.717) is 33.0 Å². The number of furan rings is 1. The van der Waals surface area contributed by atoms with Gasteiger partial charge in [-0.05, 0) is 36.4 Å². The van der Waals surface area contributed by atoms with Crippen LogP contribution in [-0.2, 0) is 0 Å². The highest BCUT2D eigenvalue weighted by Gasteiger charge is 2.12. The molecule has 0 spiro atoms. The maximum atomic E-state index is 6.06. The molecule has 8 heteroatoms. The molecule has 1 aromatic heterocycles. The Morgan fingerprint density at radius 2 is 1.18 bits per heavy atom. The van der Waals surface area contributed by atoms with Crippen LogP contribution in [0.15, 0.2) is 51.6 Å². The average Bonchev–Trinajstić information content (AvgIpc) is 3.25. The molecule has 0 fully saturated rings. The van der Waals surface area contributed by atoms with Gasteiger partial charge >= 0.3 is 0 Å². The van der Waals surface area contributed by atoms with Crippen molar-refractivity contribution in [1.29, 1.82) is 0 Å². The van der Waals surface area contributed by atoms with Gasteiger partial charge in [0.25, 0.3) is 0 Å². The Morgan fingerprint density at radius 3 is 1.54 bits per heavy atom. The molecule has 2 aromatic carbocycles. The maximum absolute atomic E-state index is 6.06. The molecule has 0 saturated carbocycles. The minimum Gasteiger partial charge on any atom is -0.495 e. The van der Waals surface area contributed by atoms with Gasteiger partial charge in [0.15, 0.2) is 0 Å². The number of methoxy groups -OCH3 is 4. The summed E-state index contributed by atoms with van der Waals surface area (Å²) in [5, 5.41) is 0.948. The van der Waals surface area contributed by atoms with Gasteiger partial charge in [0.2, 0.25) is 0 Å². The van der Waals surface area contributed by atoms with Crippen molar-refractivity contribution < 1.29 is 23.4 Å². The fourth-order valence-electron chi connectivity index (χ4n) is 2.29. The van der Waals surface area contributed by atoms with E-state index in [1.54, 1.807) is 46.8 Å². The number of rotatable bonds is 5. The van der Waals surface area contributed by atoms with E-state index in [9.17, 15) is 0 Å². The normalized spacial score (nSPS) is 9.96. The highest BCUT2D eigenvalue weighted by atomic mass is 79.9. The molecule has 5 nitrogen and oxygen atoms in total. The van der Waals surface area contributed by atoms with E-state index in [2.05, 4.69) is 15.9 Å². The van der Waals surface area contributed by atoms with E-state index in [-0.39, 0.29) is 0 Å². The summed E-state index contributed by atoms with van der Waals surface area (Å²) in [6, 6.07) is 10.9. The van der Waals surface area contributed by atoms with E-state index in [1.165, 1.54) is 0 Å². The molecule has 0 amide bonds. The first kappa shape index (κ1) is 22.3. The lowest BCUT2D eigenvalue weighted by atomic mass is 10.1. The van der Waals surface area contributed by atoms with Gasteiger partial charge in [0, 0.05) is 10.0 Å². The Labute approximate surface area is 182 Å². The van der Waals surface area contributed by atoms with Crippen molar-refractivity contribution >= 4 is 39.1 Å². The molecule has 0 radical (unpaired) electrons. The Morgan fingerprint density at radius 1 is 0.750 bits per heavy atom. The van der Waals surface area contributed by atoms with Crippen LogP contribution in [0.3, 0.4) is 0 Å². The molecule has 28 heavy (non-hydrogen) atoms. The third-order valence-electron chi connectivity index (χ3n) is 3.66. The summed E-state index contributed by atoms with van der Waals surface area (Å²) < 4.78 is 26.6. The van der Waals surface area contributed by atoms with Gasteiger partial charge < -0.3 is 23.4 Å². The summed E-state index contributed by atoms with van der Waals surface area (Å²) in [7, 11) is 6.25. The Balaban J connectivity index is 0.000000209. The number of ether oxygens (including phenoxy) is 4. The van der Waals surface area contributed by atoms with Crippen LogP contribution < -0.4 is 18.9 Å². The fourth-order valence-corrected chi connectivity index (χ4v) is 3.23. The van der Waals surface area contributed by atoms with Crippen LogP contribution in [0, 0.1) is 0 Å². The average molecular weight is 490 g/mol. The van der Waals surface area contributed by atoms with Crippen LogP contribution in [0.1, 0.15) is 0 Å². The van der Waals surface area contributed by atoms with Gasteiger partial charge in [-0.1, -0.05) is 39.1 Å². The number of benzene rings is 2. The Hall–Kier alpha value is -2.02. The van der Waals surface area contributed by atoms with Gasteiger partial charge in [-0.25, -0.2) is 0 Å². The minimum atomic E-state index is 0.459. The molecule has 0 atom stereocenters. The zero-order valence-electron chi connectivity index (χ0n) is 15.7. The third-order valence-corrected chi connectivity index (χ3v) is 4.86. The van der Waals surface area contributed by atoms with Crippen molar-refractivity contribution in [3.05, 3.63) is 57.2 Å². The zero-order chi connectivity index (χ0) is 20.7. The van der Waals surface area contributed by atoms with Gasteiger partial charge in [0.1, 0.15) is 38.8 Å². The summed E-state index contributed by atoms with van der Waals surface area (Å²) in [5.74, 6) is 3.07. The molecule has 0 aliphatic heterocycles. The van der Waals surface area contributed by atoms with Crippen LogP contribution in [0.5, 0.6) is 23.0 Å². The number of halogens is 3. The largest absolute Gasteiger partial charge is 0.495 e. The van der Waals surface area contributed by atoms with Gasteiger partial charge in [-0.3, -0.25) is 0 Å². The molecule has 0 N–H and O–H groups in total. The lowest BCUT2D eigenvalue weighted by molar-refractivity contribution is 0.394. The zero-order valence-corrected chi connectivity index (χ0v) is 18.8. The second-order valence-electron chi connectivity index (χ2n) is 5.30. The van der Waals surface area contributed by atoms with E-state index in [1.807, 2.05) is 24.3 Å². The SMILES string of the molecule is COc1cc(-c2ccco2)cc(OC)c1Cl.COc1cc(Br)cc(OC)c1Cl. The summed E-state index contributed by atoms with van der Waals surface area (Å²) in [6.45, 7) is 0. The van der Waals surface area contributed by atoms with Crippen molar-refractivity contribution in [2.75, 3.05) is 28.4 Å². The number of hydrogen-bond donors (Lipinski definition) is 0. The van der Waals surface area contributed by atoms with Crippen molar-refractivity contribution in [2.45, 2.75) is 0 Å². The molecule has 0 aliphatic rings. The predicted octanol–water partition coefficient (Wildman–Crippen LogP) is 6.74. The number of hydrogen-bond acceptors (Lipinski definition) is 5. The quantitative estimate of drug-likeness (QED) is 0.397. The summed E-state index contributed by atoms with van der Waals surface area (Å²) in [5.41, 5.74) is 0.864. The minimum absolute atomic E-state index is 0.459. The molecule has 3 aromatic rings. The summed E-state index contributed by atoms with van der Waals surface area (Å²) in [6.07, 6.45) is 1.61. The fraction of sp³-hybridized carbons (Fsp3) is 0.200.